The van der Waals surface area contributed by atoms with Crippen LogP contribution in [0.15, 0.2) is 51.4 Å². The van der Waals surface area contributed by atoms with E-state index in [-0.39, 0.29) is 0 Å². The molecule has 2 rings (SSSR count). The molecular formula is C17H14Br2O4. The molecule has 2 aromatic carbocycles. The van der Waals surface area contributed by atoms with Crippen molar-refractivity contribution in [2.75, 3.05) is 7.11 Å². The van der Waals surface area contributed by atoms with Gasteiger partial charge in [0.15, 0.2) is 11.5 Å². The maximum absolute atomic E-state index is 10.6. The summed E-state index contributed by atoms with van der Waals surface area (Å²) in [5, 5.41) is 8.70. The Labute approximate surface area is 151 Å². The molecule has 0 atom stereocenters. The molecule has 0 heterocycles. The Morgan fingerprint density at radius 1 is 1.26 bits per heavy atom. The Morgan fingerprint density at radius 2 is 2.04 bits per heavy atom. The zero-order valence-corrected chi connectivity index (χ0v) is 15.4. The minimum absolute atomic E-state index is 0.388. The van der Waals surface area contributed by atoms with E-state index in [4.69, 9.17) is 14.6 Å². The molecule has 0 spiro atoms. The Hall–Kier alpha value is -1.79. The van der Waals surface area contributed by atoms with Crippen LogP contribution in [0, 0.1) is 0 Å². The molecule has 0 saturated heterocycles. The van der Waals surface area contributed by atoms with Gasteiger partial charge in [-0.25, -0.2) is 4.79 Å². The molecule has 6 heteroatoms. The lowest BCUT2D eigenvalue weighted by atomic mass is 10.2. The lowest BCUT2D eigenvalue weighted by Crippen LogP contribution is -1.99. The fourth-order valence-electron chi connectivity index (χ4n) is 1.93. The normalized spacial score (nSPS) is 10.7. The lowest BCUT2D eigenvalue weighted by molar-refractivity contribution is -0.131. The maximum atomic E-state index is 10.6. The molecule has 2 aromatic rings. The highest BCUT2D eigenvalue weighted by atomic mass is 79.9. The van der Waals surface area contributed by atoms with Crippen molar-refractivity contribution in [2.24, 2.45) is 0 Å². The molecule has 0 bridgehead atoms. The van der Waals surface area contributed by atoms with Gasteiger partial charge in [0, 0.05) is 10.5 Å². The molecule has 4 nitrogen and oxygen atoms in total. The topological polar surface area (TPSA) is 55.8 Å². The minimum atomic E-state index is -1.00. The highest BCUT2D eigenvalue weighted by molar-refractivity contribution is 9.10. The number of hydrogen-bond donors (Lipinski definition) is 1. The van der Waals surface area contributed by atoms with Crippen LogP contribution < -0.4 is 9.47 Å². The van der Waals surface area contributed by atoms with Gasteiger partial charge in [0.25, 0.3) is 0 Å². The van der Waals surface area contributed by atoms with E-state index >= 15 is 0 Å². The lowest BCUT2D eigenvalue weighted by Gasteiger charge is -2.13. The zero-order chi connectivity index (χ0) is 16.8. The second-order valence-corrected chi connectivity index (χ2v) is 6.39. The van der Waals surface area contributed by atoms with E-state index in [1.165, 1.54) is 6.08 Å². The molecule has 0 fully saturated rings. The average molecular weight is 442 g/mol. The molecule has 1 N–H and O–H groups in total. The highest BCUT2D eigenvalue weighted by Crippen LogP contribution is 2.37. The van der Waals surface area contributed by atoms with Crippen molar-refractivity contribution in [3.05, 3.63) is 62.5 Å². The summed E-state index contributed by atoms with van der Waals surface area (Å²) in [7, 11) is 1.54. The van der Waals surface area contributed by atoms with Crippen molar-refractivity contribution >= 4 is 43.9 Å². The van der Waals surface area contributed by atoms with Crippen LogP contribution in [0.25, 0.3) is 6.08 Å². The molecular weight excluding hydrogens is 428 g/mol. The summed E-state index contributed by atoms with van der Waals surface area (Å²) in [6.45, 7) is 0.388. The predicted molar refractivity (Wildman–Crippen MR) is 95.8 cm³/mol. The van der Waals surface area contributed by atoms with Crippen LogP contribution in [-0.2, 0) is 11.4 Å². The monoisotopic (exact) mass is 440 g/mol. The van der Waals surface area contributed by atoms with Gasteiger partial charge in [-0.3, -0.25) is 0 Å². The number of halogens is 2. The van der Waals surface area contributed by atoms with Gasteiger partial charge >= 0.3 is 5.97 Å². The van der Waals surface area contributed by atoms with Gasteiger partial charge in [-0.15, -0.1) is 0 Å². The SMILES string of the molecule is COc1cc(/C=C/C(=O)O)cc(Br)c1OCc1cccc(Br)c1. The number of carboxylic acid groups (broad SMARTS) is 1. The third kappa shape index (κ3) is 5.11. The molecule has 0 amide bonds. The quantitative estimate of drug-likeness (QED) is 0.648. The van der Waals surface area contributed by atoms with Gasteiger partial charge in [0.05, 0.1) is 11.6 Å². The first kappa shape index (κ1) is 17.6. The van der Waals surface area contributed by atoms with Crippen LogP contribution in [0.5, 0.6) is 11.5 Å². The third-order valence-corrected chi connectivity index (χ3v) is 4.02. The van der Waals surface area contributed by atoms with Gasteiger partial charge in [-0.1, -0.05) is 28.1 Å². The first-order chi connectivity index (χ1) is 11.0. The van der Waals surface area contributed by atoms with Crippen molar-refractivity contribution in [3.8, 4) is 11.5 Å². The van der Waals surface area contributed by atoms with E-state index in [1.807, 2.05) is 24.3 Å². The van der Waals surface area contributed by atoms with Crippen LogP contribution >= 0.6 is 31.9 Å². The van der Waals surface area contributed by atoms with Crippen LogP contribution in [0.2, 0.25) is 0 Å². The molecule has 0 aromatic heterocycles. The average Bonchev–Trinajstić information content (AvgIpc) is 2.51. The Kier molecular flexibility index (Phi) is 6.24. The van der Waals surface area contributed by atoms with E-state index in [1.54, 1.807) is 19.2 Å². The van der Waals surface area contributed by atoms with Crippen molar-refractivity contribution in [1.82, 2.24) is 0 Å². The molecule has 0 saturated carbocycles. The Morgan fingerprint density at radius 3 is 2.70 bits per heavy atom. The van der Waals surface area contributed by atoms with Gasteiger partial charge in [0.2, 0.25) is 0 Å². The standard InChI is InChI=1S/C17H14Br2O4/c1-22-15-9-11(5-6-16(20)21)8-14(19)17(15)23-10-12-3-2-4-13(18)7-12/h2-9H,10H2,1H3,(H,20,21)/b6-5+. The summed E-state index contributed by atoms with van der Waals surface area (Å²) in [6, 6.07) is 11.3. The number of aliphatic carboxylic acids is 1. The number of carbonyl (C=O) groups is 1. The summed E-state index contributed by atoms with van der Waals surface area (Å²) >= 11 is 6.86. The fourth-order valence-corrected chi connectivity index (χ4v) is 2.95. The van der Waals surface area contributed by atoms with Crippen molar-refractivity contribution < 1.29 is 19.4 Å². The second kappa shape index (κ2) is 8.17. The van der Waals surface area contributed by atoms with E-state index in [0.717, 1.165) is 16.1 Å². The molecule has 0 unspecified atom stereocenters. The number of hydrogen-bond acceptors (Lipinski definition) is 3. The number of carboxylic acids is 1. The van der Waals surface area contributed by atoms with Crippen LogP contribution in [-0.4, -0.2) is 18.2 Å². The van der Waals surface area contributed by atoms with E-state index in [2.05, 4.69) is 31.9 Å². The number of benzene rings is 2. The van der Waals surface area contributed by atoms with E-state index < -0.39 is 5.97 Å². The molecule has 0 aliphatic carbocycles. The third-order valence-electron chi connectivity index (χ3n) is 2.94. The highest BCUT2D eigenvalue weighted by Gasteiger charge is 2.11. The van der Waals surface area contributed by atoms with Gasteiger partial charge < -0.3 is 14.6 Å². The van der Waals surface area contributed by atoms with Crippen LogP contribution in [0.3, 0.4) is 0 Å². The summed E-state index contributed by atoms with van der Waals surface area (Å²) in [5.74, 6) is 0.0921. The molecule has 120 valence electrons. The minimum Gasteiger partial charge on any atom is -0.493 e. The summed E-state index contributed by atoms with van der Waals surface area (Å²) in [6.07, 6.45) is 2.57. The van der Waals surface area contributed by atoms with Gasteiger partial charge in [-0.05, 0) is 57.4 Å². The van der Waals surface area contributed by atoms with Gasteiger partial charge in [0.1, 0.15) is 6.61 Å². The summed E-state index contributed by atoms with van der Waals surface area (Å²) in [5.41, 5.74) is 1.72. The van der Waals surface area contributed by atoms with Crippen molar-refractivity contribution in [1.29, 1.82) is 0 Å². The largest absolute Gasteiger partial charge is 0.493 e. The Bertz CT molecular complexity index is 741. The van der Waals surface area contributed by atoms with E-state index in [9.17, 15) is 4.79 Å². The summed E-state index contributed by atoms with van der Waals surface area (Å²) < 4.78 is 12.9. The molecule has 23 heavy (non-hydrogen) atoms. The van der Waals surface area contributed by atoms with Crippen molar-refractivity contribution in [3.63, 3.8) is 0 Å². The predicted octanol–water partition coefficient (Wildman–Crippen LogP) is 4.90. The molecule has 0 aliphatic heterocycles. The fraction of sp³-hybridized carbons (Fsp3) is 0.118. The van der Waals surface area contributed by atoms with Gasteiger partial charge in [-0.2, -0.15) is 0 Å². The number of ether oxygens (including phenoxy) is 2. The van der Waals surface area contributed by atoms with E-state index in [0.29, 0.717) is 28.1 Å². The molecule has 0 radical (unpaired) electrons. The maximum Gasteiger partial charge on any atom is 0.328 e. The summed E-state index contributed by atoms with van der Waals surface area (Å²) in [4.78, 5) is 10.6. The number of methoxy groups -OCH3 is 1. The second-order valence-electron chi connectivity index (χ2n) is 4.62. The number of rotatable bonds is 6. The zero-order valence-electron chi connectivity index (χ0n) is 12.3. The van der Waals surface area contributed by atoms with Crippen molar-refractivity contribution in [2.45, 2.75) is 6.61 Å². The molecule has 0 aliphatic rings. The first-order valence-corrected chi connectivity index (χ1v) is 8.24. The van der Waals surface area contributed by atoms with Crippen LogP contribution in [0.1, 0.15) is 11.1 Å². The van der Waals surface area contributed by atoms with Crippen LogP contribution in [0.4, 0.5) is 0 Å². The Balaban J connectivity index is 2.22. The first-order valence-electron chi connectivity index (χ1n) is 6.65. The smallest absolute Gasteiger partial charge is 0.328 e.